The topological polar surface area (TPSA) is 56.1 Å². The van der Waals surface area contributed by atoms with Crippen molar-refractivity contribution in [3.05, 3.63) is 71.7 Å². The summed E-state index contributed by atoms with van der Waals surface area (Å²) in [7, 11) is 1.63. The minimum absolute atomic E-state index is 0.215. The van der Waals surface area contributed by atoms with Crippen LogP contribution in [-0.2, 0) is 4.74 Å². The highest BCUT2D eigenvalue weighted by atomic mass is 19.1. The Hall–Kier alpha value is -2.99. The second-order valence-corrected chi connectivity index (χ2v) is 6.27. The van der Waals surface area contributed by atoms with Crippen molar-refractivity contribution in [1.82, 2.24) is 15.1 Å². The molecule has 0 saturated carbocycles. The smallest absolute Gasteiger partial charge is 0.270 e. The van der Waals surface area contributed by atoms with Crippen LogP contribution >= 0.6 is 0 Å². The van der Waals surface area contributed by atoms with Crippen molar-refractivity contribution in [2.75, 3.05) is 20.3 Å². The van der Waals surface area contributed by atoms with Crippen molar-refractivity contribution >= 4 is 5.91 Å². The highest BCUT2D eigenvalue weighted by molar-refractivity contribution is 5.94. The van der Waals surface area contributed by atoms with Gasteiger partial charge >= 0.3 is 0 Å². The number of aromatic nitrogens is 2. The summed E-state index contributed by atoms with van der Waals surface area (Å²) in [6.07, 6.45) is 0.728. The van der Waals surface area contributed by atoms with E-state index in [4.69, 9.17) is 4.74 Å². The number of nitrogens with one attached hydrogen (secondary N) is 1. The fourth-order valence-electron chi connectivity index (χ4n) is 2.70. The van der Waals surface area contributed by atoms with Crippen molar-refractivity contribution in [3.63, 3.8) is 0 Å². The summed E-state index contributed by atoms with van der Waals surface area (Å²) >= 11 is 0. The van der Waals surface area contributed by atoms with Crippen LogP contribution < -0.4 is 5.32 Å². The first-order valence-corrected chi connectivity index (χ1v) is 8.78. The number of ether oxygens (including phenoxy) is 1. The average Bonchev–Trinajstić information content (AvgIpc) is 3.12. The number of nitrogens with zero attached hydrogens (tertiary/aromatic N) is 2. The lowest BCUT2D eigenvalue weighted by Crippen LogP contribution is -2.27. The van der Waals surface area contributed by atoms with E-state index < -0.39 is 0 Å². The number of hydrogen-bond acceptors (Lipinski definition) is 3. The van der Waals surface area contributed by atoms with Crippen molar-refractivity contribution in [2.45, 2.75) is 13.3 Å². The van der Waals surface area contributed by atoms with Crippen LogP contribution in [0.4, 0.5) is 4.39 Å². The van der Waals surface area contributed by atoms with Gasteiger partial charge in [0.05, 0.1) is 11.4 Å². The van der Waals surface area contributed by atoms with Gasteiger partial charge in [0.25, 0.3) is 5.91 Å². The van der Waals surface area contributed by atoms with Gasteiger partial charge in [0, 0.05) is 25.8 Å². The number of carbonyl (C=O) groups is 1. The zero-order chi connectivity index (χ0) is 19.2. The maximum absolute atomic E-state index is 13.2. The number of hydrogen-bond donors (Lipinski definition) is 1. The first kappa shape index (κ1) is 18.8. The Labute approximate surface area is 157 Å². The van der Waals surface area contributed by atoms with E-state index in [1.165, 1.54) is 12.1 Å². The first-order chi connectivity index (χ1) is 13.1. The summed E-state index contributed by atoms with van der Waals surface area (Å²) in [5.74, 6) is -0.527. The van der Waals surface area contributed by atoms with Crippen LogP contribution in [0.2, 0.25) is 0 Å². The third-order valence-corrected chi connectivity index (χ3v) is 4.17. The molecule has 2 aromatic carbocycles. The fourth-order valence-corrected chi connectivity index (χ4v) is 2.70. The number of amides is 1. The zero-order valence-corrected chi connectivity index (χ0v) is 15.4. The molecule has 1 aromatic heterocycles. The van der Waals surface area contributed by atoms with E-state index in [2.05, 4.69) is 10.4 Å². The van der Waals surface area contributed by atoms with Gasteiger partial charge in [-0.2, -0.15) is 5.10 Å². The largest absolute Gasteiger partial charge is 0.385 e. The normalized spacial score (nSPS) is 10.8. The van der Waals surface area contributed by atoms with Gasteiger partial charge in [-0.05, 0) is 55.8 Å². The third-order valence-electron chi connectivity index (χ3n) is 4.17. The minimum atomic E-state index is -0.312. The van der Waals surface area contributed by atoms with Gasteiger partial charge in [-0.1, -0.05) is 17.7 Å². The maximum Gasteiger partial charge on any atom is 0.270 e. The van der Waals surface area contributed by atoms with Crippen molar-refractivity contribution in [3.8, 4) is 16.9 Å². The van der Waals surface area contributed by atoms with Gasteiger partial charge < -0.3 is 10.1 Å². The summed E-state index contributed by atoms with van der Waals surface area (Å²) in [6.45, 7) is 3.09. The molecule has 0 bridgehead atoms. The summed E-state index contributed by atoms with van der Waals surface area (Å²) < 4.78 is 19.8. The van der Waals surface area contributed by atoms with Crippen LogP contribution in [0, 0.1) is 12.7 Å². The minimum Gasteiger partial charge on any atom is -0.385 e. The van der Waals surface area contributed by atoms with Crippen LogP contribution in [0.3, 0.4) is 0 Å². The molecule has 1 N–H and O–H groups in total. The van der Waals surface area contributed by atoms with Crippen molar-refractivity contribution in [1.29, 1.82) is 0 Å². The molecule has 0 radical (unpaired) electrons. The second kappa shape index (κ2) is 8.60. The Morgan fingerprint density at radius 1 is 1.15 bits per heavy atom. The fraction of sp³-hybridized carbons (Fsp3) is 0.238. The molecule has 1 heterocycles. The summed E-state index contributed by atoms with van der Waals surface area (Å²) in [4.78, 5) is 12.7. The van der Waals surface area contributed by atoms with Crippen LogP contribution in [0.15, 0.2) is 54.6 Å². The highest BCUT2D eigenvalue weighted by Crippen LogP contribution is 2.22. The molecule has 0 spiro atoms. The average molecular weight is 367 g/mol. The Morgan fingerprint density at radius 3 is 2.52 bits per heavy atom. The van der Waals surface area contributed by atoms with Gasteiger partial charge in [-0.25, -0.2) is 9.07 Å². The first-order valence-electron chi connectivity index (χ1n) is 8.78. The van der Waals surface area contributed by atoms with Gasteiger partial charge in [-0.15, -0.1) is 0 Å². The Kier molecular flexibility index (Phi) is 5.98. The number of rotatable bonds is 7. The molecular formula is C21H22FN3O2. The van der Waals surface area contributed by atoms with E-state index in [-0.39, 0.29) is 11.7 Å². The molecule has 3 aromatic rings. The number of aryl methyl sites for hydroxylation is 1. The molecule has 5 nitrogen and oxygen atoms in total. The molecule has 0 aliphatic rings. The maximum atomic E-state index is 13.2. The molecular weight excluding hydrogens is 345 g/mol. The summed E-state index contributed by atoms with van der Waals surface area (Å²) in [6, 6.07) is 15.5. The number of methoxy groups -OCH3 is 1. The molecule has 0 unspecified atom stereocenters. The van der Waals surface area contributed by atoms with Crippen molar-refractivity contribution in [2.24, 2.45) is 0 Å². The molecule has 1 amide bonds. The predicted molar refractivity (Wildman–Crippen MR) is 103 cm³/mol. The molecule has 0 aliphatic carbocycles. The highest BCUT2D eigenvalue weighted by Gasteiger charge is 2.17. The van der Waals surface area contributed by atoms with E-state index in [0.717, 1.165) is 23.2 Å². The lowest BCUT2D eigenvalue weighted by atomic mass is 10.1. The van der Waals surface area contributed by atoms with Gasteiger partial charge in [-0.3, -0.25) is 4.79 Å². The SMILES string of the molecule is COCCCNC(=O)c1cc(-c2ccc(F)cc2)nn1-c1ccc(C)cc1. The number of carbonyl (C=O) groups excluding carboxylic acids is 1. The summed E-state index contributed by atoms with van der Waals surface area (Å²) in [5, 5.41) is 7.47. The molecule has 0 saturated heterocycles. The standard InChI is InChI=1S/C21H22FN3O2/c1-15-4-10-18(11-5-15)25-20(21(26)23-12-3-13-27-2)14-19(24-25)16-6-8-17(22)9-7-16/h4-11,14H,3,12-13H2,1-2H3,(H,23,26). The molecule has 0 atom stereocenters. The van der Waals surface area contributed by atoms with E-state index in [1.807, 2.05) is 31.2 Å². The molecule has 0 fully saturated rings. The lowest BCUT2D eigenvalue weighted by molar-refractivity contribution is 0.0941. The molecule has 140 valence electrons. The van der Waals surface area contributed by atoms with Gasteiger partial charge in [0.1, 0.15) is 11.5 Å². The Bertz CT molecular complexity index is 902. The van der Waals surface area contributed by atoms with Gasteiger partial charge in [0.2, 0.25) is 0 Å². The lowest BCUT2D eigenvalue weighted by Gasteiger charge is -2.08. The molecule has 3 rings (SSSR count). The number of benzene rings is 2. The zero-order valence-electron chi connectivity index (χ0n) is 15.4. The van der Waals surface area contributed by atoms with E-state index in [9.17, 15) is 9.18 Å². The van der Waals surface area contributed by atoms with Crippen LogP contribution in [0.25, 0.3) is 16.9 Å². The van der Waals surface area contributed by atoms with Crippen molar-refractivity contribution < 1.29 is 13.9 Å². The van der Waals surface area contributed by atoms with Crippen LogP contribution in [0.5, 0.6) is 0 Å². The van der Waals surface area contributed by atoms with Crippen LogP contribution in [0.1, 0.15) is 22.5 Å². The van der Waals surface area contributed by atoms with E-state index in [0.29, 0.717) is 24.5 Å². The second-order valence-electron chi connectivity index (χ2n) is 6.27. The number of halogens is 1. The molecule has 27 heavy (non-hydrogen) atoms. The van der Waals surface area contributed by atoms with E-state index in [1.54, 1.807) is 30.0 Å². The van der Waals surface area contributed by atoms with E-state index >= 15 is 0 Å². The molecule has 6 heteroatoms. The molecule has 0 aliphatic heterocycles. The quantitative estimate of drug-likeness (QED) is 0.647. The Balaban J connectivity index is 1.94. The monoisotopic (exact) mass is 367 g/mol. The predicted octanol–water partition coefficient (Wildman–Crippen LogP) is 3.75. The Morgan fingerprint density at radius 2 is 1.85 bits per heavy atom. The third kappa shape index (κ3) is 4.60. The summed E-state index contributed by atoms with van der Waals surface area (Å²) in [5.41, 5.74) is 3.69. The van der Waals surface area contributed by atoms with Crippen LogP contribution in [-0.4, -0.2) is 35.9 Å². The van der Waals surface area contributed by atoms with Gasteiger partial charge in [0.15, 0.2) is 0 Å².